The molecule has 0 bridgehead atoms. The molecule has 1 atom stereocenters. The second kappa shape index (κ2) is 6.73. The fraction of sp³-hybridized carbons (Fsp3) is 0.889. The summed E-state index contributed by atoms with van der Waals surface area (Å²) in [7, 11) is 0. The van der Waals surface area contributed by atoms with Gasteiger partial charge in [0.2, 0.25) is 0 Å². The standard InChI is InChI=1S/C9H18N2O4/c12-4-6-15-5-3-11-2-1-10-7-8(11)9(13)14/h8,10,12H,1-7H2,(H,13,14). The minimum atomic E-state index is -0.802. The van der Waals surface area contributed by atoms with E-state index in [1.165, 1.54) is 0 Å². The molecule has 0 aromatic rings. The third-order valence-electron chi connectivity index (χ3n) is 2.40. The van der Waals surface area contributed by atoms with Crippen LogP contribution in [0.2, 0.25) is 0 Å². The Morgan fingerprint density at radius 3 is 3.00 bits per heavy atom. The normalized spacial score (nSPS) is 22.9. The Morgan fingerprint density at radius 2 is 2.33 bits per heavy atom. The van der Waals surface area contributed by atoms with Gasteiger partial charge in [-0.05, 0) is 0 Å². The molecule has 88 valence electrons. The number of carboxylic acid groups (broad SMARTS) is 1. The van der Waals surface area contributed by atoms with E-state index in [2.05, 4.69) is 5.32 Å². The molecule has 6 heteroatoms. The zero-order chi connectivity index (χ0) is 11.1. The number of carbonyl (C=O) groups is 1. The number of rotatable bonds is 6. The van der Waals surface area contributed by atoms with Crippen molar-refractivity contribution in [3.05, 3.63) is 0 Å². The van der Waals surface area contributed by atoms with Crippen LogP contribution in [-0.2, 0) is 9.53 Å². The number of nitrogens with zero attached hydrogens (tertiary/aromatic N) is 1. The molecule has 1 unspecified atom stereocenters. The number of hydrogen-bond donors (Lipinski definition) is 3. The Hall–Kier alpha value is -0.690. The largest absolute Gasteiger partial charge is 0.480 e. The molecule has 0 aromatic carbocycles. The fourth-order valence-electron chi connectivity index (χ4n) is 1.61. The van der Waals surface area contributed by atoms with Crippen LogP contribution in [0.15, 0.2) is 0 Å². The van der Waals surface area contributed by atoms with E-state index in [4.69, 9.17) is 14.9 Å². The topological polar surface area (TPSA) is 82.0 Å². The van der Waals surface area contributed by atoms with Crippen molar-refractivity contribution >= 4 is 5.97 Å². The Labute approximate surface area is 88.8 Å². The minimum absolute atomic E-state index is 0.00388. The lowest BCUT2D eigenvalue weighted by atomic mass is 10.2. The first kappa shape index (κ1) is 12.4. The predicted octanol–water partition coefficient (Wildman–Crippen LogP) is -1.65. The van der Waals surface area contributed by atoms with E-state index in [9.17, 15) is 4.79 Å². The average molecular weight is 218 g/mol. The van der Waals surface area contributed by atoms with E-state index in [1.807, 2.05) is 4.90 Å². The van der Waals surface area contributed by atoms with Gasteiger partial charge in [0.05, 0.1) is 19.8 Å². The maximum absolute atomic E-state index is 10.9. The maximum Gasteiger partial charge on any atom is 0.322 e. The summed E-state index contributed by atoms with van der Waals surface area (Å²) in [6, 6.07) is -0.462. The third-order valence-corrected chi connectivity index (χ3v) is 2.40. The van der Waals surface area contributed by atoms with E-state index in [0.717, 1.165) is 13.1 Å². The summed E-state index contributed by atoms with van der Waals surface area (Å²) in [4.78, 5) is 12.8. The van der Waals surface area contributed by atoms with Gasteiger partial charge in [-0.1, -0.05) is 0 Å². The van der Waals surface area contributed by atoms with Crippen LogP contribution in [-0.4, -0.2) is 73.1 Å². The summed E-state index contributed by atoms with van der Waals surface area (Å²) in [6.45, 7) is 3.38. The van der Waals surface area contributed by atoms with Crippen LogP contribution in [0, 0.1) is 0 Å². The van der Waals surface area contributed by atoms with Gasteiger partial charge in [0.25, 0.3) is 0 Å². The highest BCUT2D eigenvalue weighted by atomic mass is 16.5. The third kappa shape index (κ3) is 4.13. The van der Waals surface area contributed by atoms with Crippen molar-refractivity contribution in [2.24, 2.45) is 0 Å². The first-order valence-corrected chi connectivity index (χ1v) is 5.12. The van der Waals surface area contributed by atoms with Crippen molar-refractivity contribution in [3.63, 3.8) is 0 Å². The van der Waals surface area contributed by atoms with Crippen molar-refractivity contribution in [2.45, 2.75) is 6.04 Å². The van der Waals surface area contributed by atoms with Crippen LogP contribution < -0.4 is 5.32 Å². The van der Waals surface area contributed by atoms with E-state index in [-0.39, 0.29) is 6.61 Å². The van der Waals surface area contributed by atoms with Gasteiger partial charge in [-0.2, -0.15) is 0 Å². The molecular weight excluding hydrogens is 200 g/mol. The molecule has 1 heterocycles. The molecule has 3 N–H and O–H groups in total. The van der Waals surface area contributed by atoms with Gasteiger partial charge in [0.1, 0.15) is 6.04 Å². The first-order chi connectivity index (χ1) is 7.25. The van der Waals surface area contributed by atoms with Crippen LogP contribution in [0.5, 0.6) is 0 Å². The first-order valence-electron chi connectivity index (χ1n) is 5.12. The SMILES string of the molecule is O=C(O)C1CNCCN1CCOCCO. The van der Waals surface area contributed by atoms with Gasteiger partial charge < -0.3 is 20.3 Å². The average Bonchev–Trinajstić information content (AvgIpc) is 2.25. The van der Waals surface area contributed by atoms with Crippen molar-refractivity contribution in [1.29, 1.82) is 0 Å². The highest BCUT2D eigenvalue weighted by Gasteiger charge is 2.27. The van der Waals surface area contributed by atoms with Crippen molar-refractivity contribution in [3.8, 4) is 0 Å². The number of ether oxygens (including phenoxy) is 1. The van der Waals surface area contributed by atoms with Crippen LogP contribution in [0.1, 0.15) is 0 Å². The van der Waals surface area contributed by atoms with Crippen LogP contribution >= 0.6 is 0 Å². The summed E-state index contributed by atoms with van der Waals surface area (Å²) in [6.07, 6.45) is 0. The maximum atomic E-state index is 10.9. The van der Waals surface area contributed by atoms with Crippen LogP contribution in [0.4, 0.5) is 0 Å². The van der Waals surface area contributed by atoms with Crippen molar-refractivity contribution in [2.75, 3.05) is 46.0 Å². The number of aliphatic carboxylic acids is 1. The molecule has 6 nitrogen and oxygen atoms in total. The fourth-order valence-corrected chi connectivity index (χ4v) is 1.61. The summed E-state index contributed by atoms with van der Waals surface area (Å²) >= 11 is 0. The summed E-state index contributed by atoms with van der Waals surface area (Å²) in [5.41, 5.74) is 0. The van der Waals surface area contributed by atoms with Gasteiger partial charge in [0, 0.05) is 26.2 Å². The zero-order valence-electron chi connectivity index (χ0n) is 8.69. The van der Waals surface area contributed by atoms with Gasteiger partial charge in [0.15, 0.2) is 0 Å². The monoisotopic (exact) mass is 218 g/mol. The molecule has 15 heavy (non-hydrogen) atoms. The van der Waals surface area contributed by atoms with E-state index in [0.29, 0.717) is 26.3 Å². The van der Waals surface area contributed by atoms with E-state index < -0.39 is 12.0 Å². The Balaban J connectivity index is 2.26. The summed E-state index contributed by atoms with van der Waals surface area (Å²) in [5, 5.41) is 20.5. The van der Waals surface area contributed by atoms with Crippen molar-refractivity contribution in [1.82, 2.24) is 10.2 Å². The molecule has 1 aliphatic rings. The lowest BCUT2D eigenvalue weighted by molar-refractivity contribution is -0.144. The predicted molar refractivity (Wildman–Crippen MR) is 53.8 cm³/mol. The van der Waals surface area contributed by atoms with Gasteiger partial charge in [-0.3, -0.25) is 9.69 Å². The molecule has 0 radical (unpaired) electrons. The lowest BCUT2D eigenvalue weighted by Gasteiger charge is -2.33. The van der Waals surface area contributed by atoms with E-state index in [1.54, 1.807) is 0 Å². The summed E-state index contributed by atoms with van der Waals surface area (Å²) < 4.78 is 5.11. The number of carboxylic acids is 1. The number of aliphatic hydroxyl groups is 1. The number of aliphatic hydroxyl groups excluding tert-OH is 1. The molecule has 1 aliphatic heterocycles. The number of nitrogens with one attached hydrogen (secondary N) is 1. The number of hydrogen-bond acceptors (Lipinski definition) is 5. The molecule has 0 aromatic heterocycles. The van der Waals surface area contributed by atoms with Gasteiger partial charge in [-0.15, -0.1) is 0 Å². The molecular formula is C9H18N2O4. The molecule has 1 saturated heterocycles. The molecule has 1 rings (SSSR count). The smallest absolute Gasteiger partial charge is 0.322 e. The quantitative estimate of drug-likeness (QED) is 0.464. The Kier molecular flexibility index (Phi) is 5.56. The number of piperazine rings is 1. The lowest BCUT2D eigenvalue weighted by Crippen LogP contribution is -2.55. The highest BCUT2D eigenvalue weighted by molar-refractivity contribution is 5.73. The van der Waals surface area contributed by atoms with Crippen LogP contribution in [0.25, 0.3) is 0 Å². The highest BCUT2D eigenvalue weighted by Crippen LogP contribution is 2.02. The Bertz CT molecular complexity index is 201. The molecule has 0 saturated carbocycles. The van der Waals surface area contributed by atoms with Gasteiger partial charge in [-0.25, -0.2) is 0 Å². The molecule has 0 amide bonds. The minimum Gasteiger partial charge on any atom is -0.480 e. The summed E-state index contributed by atoms with van der Waals surface area (Å²) in [5.74, 6) is -0.802. The van der Waals surface area contributed by atoms with Crippen molar-refractivity contribution < 1.29 is 19.7 Å². The molecule has 0 spiro atoms. The van der Waals surface area contributed by atoms with Crippen LogP contribution in [0.3, 0.4) is 0 Å². The van der Waals surface area contributed by atoms with Gasteiger partial charge >= 0.3 is 5.97 Å². The Morgan fingerprint density at radius 1 is 1.53 bits per heavy atom. The second-order valence-corrected chi connectivity index (χ2v) is 3.43. The molecule has 0 aliphatic carbocycles. The molecule has 1 fully saturated rings. The zero-order valence-corrected chi connectivity index (χ0v) is 8.69. The van der Waals surface area contributed by atoms with E-state index >= 15 is 0 Å². The second-order valence-electron chi connectivity index (χ2n) is 3.43.